The molecule has 2 rings (SSSR count). The fraction of sp³-hybridized carbons (Fsp3) is 0.400. The molecule has 0 saturated carbocycles. The number of aromatic nitrogens is 2. The molecule has 0 aliphatic rings. The average molecular weight is 260 g/mol. The van der Waals surface area contributed by atoms with Crippen molar-refractivity contribution < 1.29 is 9.84 Å². The Morgan fingerprint density at radius 3 is 2.53 bits per heavy atom. The van der Waals surface area contributed by atoms with Gasteiger partial charge < -0.3 is 14.4 Å². The van der Waals surface area contributed by atoms with Crippen LogP contribution in [-0.4, -0.2) is 21.3 Å². The quantitative estimate of drug-likeness (QED) is 0.899. The van der Waals surface area contributed by atoms with E-state index in [0.717, 1.165) is 17.0 Å². The molecule has 0 radical (unpaired) electrons. The Balaban J connectivity index is 2.23. The molecule has 4 heteroatoms. The van der Waals surface area contributed by atoms with Crippen molar-refractivity contribution in [2.24, 2.45) is 0 Å². The largest absolute Gasteiger partial charge is 0.494 e. The Kier molecular flexibility index (Phi) is 4.22. The van der Waals surface area contributed by atoms with Crippen molar-refractivity contribution in [2.75, 3.05) is 6.61 Å². The molecule has 1 unspecified atom stereocenters. The van der Waals surface area contributed by atoms with Gasteiger partial charge in [-0.3, -0.25) is 0 Å². The standard InChI is InChI=1S/C15H20N2O2/c1-4-19-13-7-5-12(6-8-13)15(18)14-9-16-10-17(14)11(2)3/h5-11,15,18H,4H2,1-3H3. The van der Waals surface area contributed by atoms with Crippen LogP contribution in [0.25, 0.3) is 0 Å². The van der Waals surface area contributed by atoms with Gasteiger partial charge in [0, 0.05) is 6.04 Å². The molecule has 102 valence electrons. The van der Waals surface area contributed by atoms with Crippen LogP contribution in [0.3, 0.4) is 0 Å². The Labute approximate surface area is 113 Å². The minimum Gasteiger partial charge on any atom is -0.494 e. The van der Waals surface area contributed by atoms with E-state index in [2.05, 4.69) is 18.8 Å². The first-order valence-corrected chi connectivity index (χ1v) is 6.56. The first-order chi connectivity index (χ1) is 9.13. The fourth-order valence-corrected chi connectivity index (χ4v) is 2.04. The first-order valence-electron chi connectivity index (χ1n) is 6.56. The van der Waals surface area contributed by atoms with Crippen LogP contribution in [0.5, 0.6) is 5.75 Å². The van der Waals surface area contributed by atoms with Gasteiger partial charge in [0.15, 0.2) is 0 Å². The summed E-state index contributed by atoms with van der Waals surface area (Å²) in [6, 6.07) is 7.78. The SMILES string of the molecule is CCOc1ccc(C(O)c2cncn2C(C)C)cc1. The molecule has 1 N–H and O–H groups in total. The molecule has 0 spiro atoms. The Morgan fingerprint density at radius 1 is 1.26 bits per heavy atom. The number of ether oxygens (including phenoxy) is 1. The lowest BCUT2D eigenvalue weighted by atomic mass is 10.1. The summed E-state index contributed by atoms with van der Waals surface area (Å²) in [5.41, 5.74) is 1.64. The van der Waals surface area contributed by atoms with Gasteiger partial charge >= 0.3 is 0 Å². The zero-order valence-corrected chi connectivity index (χ0v) is 11.6. The fourth-order valence-electron chi connectivity index (χ4n) is 2.04. The van der Waals surface area contributed by atoms with Crippen LogP contribution >= 0.6 is 0 Å². The maximum absolute atomic E-state index is 10.4. The molecule has 0 fully saturated rings. The highest BCUT2D eigenvalue weighted by atomic mass is 16.5. The summed E-state index contributed by atoms with van der Waals surface area (Å²) in [6.45, 7) is 6.72. The van der Waals surface area contributed by atoms with Crippen LogP contribution in [-0.2, 0) is 0 Å². The van der Waals surface area contributed by atoms with Crippen molar-refractivity contribution in [1.82, 2.24) is 9.55 Å². The van der Waals surface area contributed by atoms with Crippen LogP contribution in [0, 0.1) is 0 Å². The van der Waals surface area contributed by atoms with Gasteiger partial charge in [0.1, 0.15) is 11.9 Å². The van der Waals surface area contributed by atoms with Crippen molar-refractivity contribution in [3.05, 3.63) is 48.0 Å². The van der Waals surface area contributed by atoms with Crippen LogP contribution in [0.1, 0.15) is 44.2 Å². The summed E-state index contributed by atoms with van der Waals surface area (Å²) in [6.07, 6.45) is 2.79. The number of benzene rings is 1. The first kappa shape index (κ1) is 13.6. The van der Waals surface area contributed by atoms with Crippen molar-refractivity contribution in [2.45, 2.75) is 32.9 Å². The van der Waals surface area contributed by atoms with E-state index in [9.17, 15) is 5.11 Å². The van der Waals surface area contributed by atoms with Gasteiger partial charge in [0.2, 0.25) is 0 Å². The molecule has 2 aromatic rings. The topological polar surface area (TPSA) is 47.3 Å². The second-order valence-electron chi connectivity index (χ2n) is 4.72. The molecular formula is C15H20N2O2. The molecule has 4 nitrogen and oxygen atoms in total. The molecule has 1 aromatic heterocycles. The lowest BCUT2D eigenvalue weighted by Crippen LogP contribution is -2.10. The third kappa shape index (κ3) is 2.96. The van der Waals surface area contributed by atoms with E-state index in [1.165, 1.54) is 0 Å². The summed E-state index contributed by atoms with van der Waals surface area (Å²) in [4.78, 5) is 4.12. The summed E-state index contributed by atoms with van der Waals surface area (Å²) >= 11 is 0. The predicted molar refractivity (Wildman–Crippen MR) is 74.3 cm³/mol. The van der Waals surface area contributed by atoms with E-state index in [1.54, 1.807) is 12.5 Å². The van der Waals surface area contributed by atoms with Gasteiger partial charge in [-0.2, -0.15) is 0 Å². The minimum atomic E-state index is -0.666. The second kappa shape index (κ2) is 5.89. The lowest BCUT2D eigenvalue weighted by Gasteiger charge is -2.17. The maximum atomic E-state index is 10.4. The number of hydrogen-bond donors (Lipinski definition) is 1. The van der Waals surface area contributed by atoms with Crippen LogP contribution in [0.2, 0.25) is 0 Å². The van der Waals surface area contributed by atoms with Gasteiger partial charge in [0.05, 0.1) is 24.8 Å². The van der Waals surface area contributed by atoms with Gasteiger partial charge in [-0.25, -0.2) is 4.98 Å². The summed E-state index contributed by atoms with van der Waals surface area (Å²) in [5.74, 6) is 0.816. The number of aliphatic hydroxyl groups is 1. The van der Waals surface area contributed by atoms with Gasteiger partial charge in [-0.05, 0) is 38.5 Å². The summed E-state index contributed by atoms with van der Waals surface area (Å²) in [7, 11) is 0. The number of imidazole rings is 1. The van der Waals surface area contributed by atoms with Crippen LogP contribution in [0.15, 0.2) is 36.8 Å². The zero-order chi connectivity index (χ0) is 13.8. The van der Waals surface area contributed by atoms with E-state index >= 15 is 0 Å². The lowest BCUT2D eigenvalue weighted by molar-refractivity contribution is 0.207. The summed E-state index contributed by atoms with van der Waals surface area (Å²) < 4.78 is 7.37. The van der Waals surface area contributed by atoms with Crippen molar-refractivity contribution in [3.8, 4) is 5.75 Å². The number of nitrogens with zero attached hydrogens (tertiary/aromatic N) is 2. The third-order valence-electron chi connectivity index (χ3n) is 3.04. The van der Waals surface area contributed by atoms with Crippen molar-refractivity contribution in [3.63, 3.8) is 0 Å². The molecule has 0 amide bonds. The normalized spacial score (nSPS) is 12.7. The molecule has 1 atom stereocenters. The van der Waals surface area contributed by atoms with Gasteiger partial charge in [-0.1, -0.05) is 12.1 Å². The van der Waals surface area contributed by atoms with Crippen molar-refractivity contribution >= 4 is 0 Å². The molecule has 19 heavy (non-hydrogen) atoms. The molecule has 0 bridgehead atoms. The highest BCUT2D eigenvalue weighted by Crippen LogP contribution is 2.25. The molecular weight excluding hydrogens is 240 g/mol. The maximum Gasteiger partial charge on any atom is 0.121 e. The van der Waals surface area contributed by atoms with Crippen LogP contribution < -0.4 is 4.74 Å². The number of rotatable bonds is 5. The predicted octanol–water partition coefficient (Wildman–Crippen LogP) is 2.94. The average Bonchev–Trinajstić information content (AvgIpc) is 2.88. The van der Waals surface area contributed by atoms with E-state index in [4.69, 9.17) is 4.74 Å². The highest BCUT2D eigenvalue weighted by Gasteiger charge is 2.16. The Hall–Kier alpha value is -1.81. The van der Waals surface area contributed by atoms with E-state index < -0.39 is 6.10 Å². The Morgan fingerprint density at radius 2 is 1.95 bits per heavy atom. The van der Waals surface area contributed by atoms with Crippen LogP contribution in [0.4, 0.5) is 0 Å². The Bertz CT molecular complexity index is 517. The molecule has 0 aliphatic carbocycles. The monoisotopic (exact) mass is 260 g/mol. The molecule has 0 saturated heterocycles. The molecule has 0 aliphatic heterocycles. The molecule has 1 aromatic carbocycles. The van der Waals surface area contributed by atoms with E-state index in [0.29, 0.717) is 6.61 Å². The third-order valence-corrected chi connectivity index (χ3v) is 3.04. The second-order valence-corrected chi connectivity index (χ2v) is 4.72. The zero-order valence-electron chi connectivity index (χ0n) is 11.6. The molecule has 1 heterocycles. The van der Waals surface area contributed by atoms with E-state index in [1.807, 2.05) is 35.8 Å². The van der Waals surface area contributed by atoms with Gasteiger partial charge in [0.25, 0.3) is 0 Å². The smallest absolute Gasteiger partial charge is 0.121 e. The highest BCUT2D eigenvalue weighted by molar-refractivity contribution is 5.31. The number of hydrogen-bond acceptors (Lipinski definition) is 3. The van der Waals surface area contributed by atoms with Gasteiger partial charge in [-0.15, -0.1) is 0 Å². The van der Waals surface area contributed by atoms with Crippen molar-refractivity contribution in [1.29, 1.82) is 0 Å². The van der Waals surface area contributed by atoms with E-state index in [-0.39, 0.29) is 6.04 Å². The number of aliphatic hydroxyl groups excluding tert-OH is 1. The summed E-state index contributed by atoms with van der Waals surface area (Å²) in [5, 5.41) is 10.4. The minimum absolute atomic E-state index is 0.273.